The number of carbonyl (C=O) groups is 2. The third-order valence-electron chi connectivity index (χ3n) is 8.42. The summed E-state index contributed by atoms with van der Waals surface area (Å²) in [5.74, 6) is -0.613. The minimum Gasteiger partial charge on any atom is -0.459 e. The molecule has 0 aliphatic carbocycles. The first-order chi connectivity index (χ1) is 20.9. The lowest BCUT2D eigenvalue weighted by Gasteiger charge is -2.38. The summed E-state index contributed by atoms with van der Waals surface area (Å²) in [6.07, 6.45) is 0.574. The Bertz CT molecular complexity index is 1490. The number of nitrogens with zero attached hydrogens (tertiary/aromatic N) is 1. The Balaban J connectivity index is 1.26. The van der Waals surface area contributed by atoms with Crippen LogP contribution in [0.5, 0.6) is 0 Å². The minimum absolute atomic E-state index is 0.0533. The molecule has 8 heteroatoms. The van der Waals surface area contributed by atoms with Crippen LogP contribution in [0.25, 0.3) is 0 Å². The van der Waals surface area contributed by atoms with Crippen LogP contribution in [0.1, 0.15) is 35.1 Å². The van der Waals surface area contributed by atoms with Crippen LogP contribution in [0.4, 0.5) is 0 Å². The van der Waals surface area contributed by atoms with Crippen LogP contribution in [0.15, 0.2) is 121 Å². The van der Waals surface area contributed by atoms with Crippen LogP contribution in [0.2, 0.25) is 0 Å². The van der Waals surface area contributed by atoms with Crippen molar-refractivity contribution in [3.05, 3.63) is 144 Å². The van der Waals surface area contributed by atoms with Crippen molar-refractivity contribution in [3.63, 3.8) is 0 Å². The van der Waals surface area contributed by atoms with Gasteiger partial charge >= 0.3 is 5.97 Å². The number of halogens is 1. The monoisotopic (exact) mass is 612 g/mol. The number of benzene rings is 4. The van der Waals surface area contributed by atoms with Crippen molar-refractivity contribution in [3.8, 4) is 0 Å². The Morgan fingerprint density at radius 1 is 0.860 bits per heavy atom. The van der Waals surface area contributed by atoms with Crippen molar-refractivity contribution in [2.24, 2.45) is 0 Å². The predicted octanol–water partition coefficient (Wildman–Crippen LogP) is 5.37. The number of fused-ring (bicyclic) bond motifs is 1. The fraction of sp³-hybridized carbons (Fsp3) is 0.257. The van der Waals surface area contributed by atoms with Crippen molar-refractivity contribution in [2.45, 2.75) is 41.3 Å². The van der Waals surface area contributed by atoms with E-state index in [4.69, 9.17) is 16.3 Å². The highest BCUT2D eigenvalue weighted by Gasteiger charge is 2.64. The zero-order valence-corrected chi connectivity index (χ0v) is 25.2. The topological polar surface area (TPSA) is 75.7 Å². The fourth-order valence-corrected chi connectivity index (χ4v) is 8.42. The number of amides is 1. The minimum atomic E-state index is -1.67. The average molecular weight is 613 g/mol. The lowest BCUT2D eigenvalue weighted by atomic mass is 9.77. The van der Waals surface area contributed by atoms with Crippen LogP contribution in [0, 0.1) is 0 Å². The quantitative estimate of drug-likeness (QED) is 0.107. The number of β-lactam (4-membered cyclic amide) rings is 1. The van der Waals surface area contributed by atoms with E-state index in [0.717, 1.165) is 22.3 Å². The largest absolute Gasteiger partial charge is 0.459 e. The van der Waals surface area contributed by atoms with Crippen molar-refractivity contribution < 1.29 is 18.5 Å². The van der Waals surface area contributed by atoms with E-state index in [0.29, 0.717) is 13.0 Å². The van der Waals surface area contributed by atoms with E-state index in [1.165, 1.54) is 4.90 Å². The van der Waals surface area contributed by atoms with Gasteiger partial charge in [0, 0.05) is 42.0 Å². The molecule has 2 heterocycles. The van der Waals surface area contributed by atoms with E-state index in [9.17, 15) is 13.8 Å². The number of rotatable bonds is 11. The van der Waals surface area contributed by atoms with Gasteiger partial charge in [-0.1, -0.05) is 121 Å². The van der Waals surface area contributed by atoms with Crippen LogP contribution in [-0.2, 0) is 37.3 Å². The second kappa shape index (κ2) is 12.4. The van der Waals surface area contributed by atoms with Crippen LogP contribution in [0.3, 0.4) is 0 Å². The lowest BCUT2D eigenvalue weighted by molar-refractivity contribution is -0.161. The molecule has 0 spiro atoms. The van der Waals surface area contributed by atoms with E-state index in [2.05, 4.69) is 41.7 Å². The molecule has 2 aliphatic rings. The van der Waals surface area contributed by atoms with E-state index >= 15 is 0 Å². The number of esters is 1. The molecule has 0 bridgehead atoms. The molecule has 0 aromatic heterocycles. The molecule has 4 atom stereocenters. The van der Waals surface area contributed by atoms with Gasteiger partial charge in [0.1, 0.15) is 6.61 Å². The Morgan fingerprint density at radius 2 is 1.35 bits per heavy atom. The molecule has 2 aliphatic heterocycles. The first kappa shape index (κ1) is 29.3. The van der Waals surface area contributed by atoms with Gasteiger partial charge in [0.05, 0.1) is 5.54 Å². The fourth-order valence-electron chi connectivity index (χ4n) is 6.35. The number of hydrogen-bond donors (Lipinski definition) is 1. The molecule has 2 saturated heterocycles. The Morgan fingerprint density at radius 3 is 1.84 bits per heavy atom. The lowest BCUT2D eigenvalue weighted by Crippen LogP contribution is -2.58. The summed E-state index contributed by atoms with van der Waals surface area (Å²) in [4.78, 5) is 27.5. The molecule has 4 unspecified atom stereocenters. The van der Waals surface area contributed by atoms with Gasteiger partial charge in [0.15, 0.2) is 10.2 Å². The first-order valence-corrected chi connectivity index (χ1v) is 16.1. The van der Waals surface area contributed by atoms with E-state index < -0.39 is 32.6 Å². The maximum atomic E-state index is 14.1. The Kier molecular flexibility index (Phi) is 8.48. The SMILES string of the molecule is O=C(OCc1ccccc1)C1N2C(=O)CC2CC1(Cl)S(=O)CCNC(c1ccccc1)(c1ccccc1)c1ccccc1. The molecule has 6 rings (SSSR count). The van der Waals surface area contributed by atoms with Gasteiger partial charge in [-0.3, -0.25) is 14.3 Å². The summed E-state index contributed by atoms with van der Waals surface area (Å²) in [6.45, 7) is 0.391. The van der Waals surface area contributed by atoms with Crippen LogP contribution >= 0.6 is 11.6 Å². The summed E-state index contributed by atoms with van der Waals surface area (Å²) < 4.78 is 18.3. The van der Waals surface area contributed by atoms with Crippen LogP contribution < -0.4 is 5.32 Å². The van der Waals surface area contributed by atoms with Crippen molar-refractivity contribution >= 4 is 34.3 Å². The summed E-state index contributed by atoms with van der Waals surface area (Å²) in [6, 6.07) is 38.5. The second-order valence-electron chi connectivity index (χ2n) is 11.0. The molecule has 1 amide bonds. The smallest absolute Gasteiger partial charge is 0.332 e. The van der Waals surface area contributed by atoms with Crippen molar-refractivity contribution in [2.75, 3.05) is 12.3 Å². The normalized spacial score (nSPS) is 22.0. The van der Waals surface area contributed by atoms with Gasteiger partial charge in [-0.15, -0.1) is 11.6 Å². The van der Waals surface area contributed by atoms with Crippen molar-refractivity contribution in [1.82, 2.24) is 10.2 Å². The van der Waals surface area contributed by atoms with E-state index in [1.807, 2.05) is 84.9 Å². The maximum absolute atomic E-state index is 14.1. The molecule has 0 saturated carbocycles. The third kappa shape index (κ3) is 5.53. The maximum Gasteiger partial charge on any atom is 0.332 e. The summed E-state index contributed by atoms with van der Waals surface area (Å²) in [7, 11) is -1.67. The molecule has 1 N–H and O–H groups in total. The second-order valence-corrected chi connectivity index (χ2v) is 13.7. The molecule has 220 valence electrons. The highest BCUT2D eigenvalue weighted by molar-refractivity contribution is 7.88. The molecule has 4 aromatic carbocycles. The Labute approximate surface area is 259 Å². The van der Waals surface area contributed by atoms with Crippen LogP contribution in [-0.4, -0.2) is 49.6 Å². The standard InChI is InChI=1S/C35H33ClN2O4S/c36-34(24-30-23-31(39)38(30)32(34)33(40)42-25-26-13-5-1-6-14-26)43(41)22-21-37-35(27-15-7-2-8-16-27,28-17-9-3-10-18-28)29-19-11-4-12-20-29/h1-20,30,32,37H,21-25H2. The zero-order chi connectivity index (χ0) is 29.9. The average Bonchev–Trinajstić information content (AvgIpc) is 3.31. The van der Waals surface area contributed by atoms with Crippen molar-refractivity contribution in [1.29, 1.82) is 0 Å². The summed E-state index contributed by atoms with van der Waals surface area (Å²) in [5.41, 5.74) is 3.21. The zero-order valence-electron chi connectivity index (χ0n) is 23.6. The number of ether oxygens (including phenoxy) is 1. The number of carbonyl (C=O) groups excluding carboxylic acids is 2. The highest BCUT2D eigenvalue weighted by Crippen LogP contribution is 2.48. The molecule has 2 fully saturated rings. The van der Waals surface area contributed by atoms with Gasteiger partial charge < -0.3 is 9.64 Å². The van der Waals surface area contributed by atoms with Gasteiger partial charge in [0.25, 0.3) is 0 Å². The number of alkyl halides is 1. The molecule has 0 radical (unpaired) electrons. The van der Waals surface area contributed by atoms with E-state index in [1.54, 1.807) is 0 Å². The third-order valence-corrected chi connectivity index (χ3v) is 11.0. The summed E-state index contributed by atoms with van der Waals surface area (Å²) in [5, 5.41) is 3.74. The molecular formula is C35H33ClN2O4S. The van der Waals surface area contributed by atoms with E-state index in [-0.39, 0.29) is 30.7 Å². The highest BCUT2D eigenvalue weighted by atomic mass is 35.5. The Hall–Kier alpha value is -3.78. The van der Waals surface area contributed by atoms with Gasteiger partial charge in [0.2, 0.25) is 5.91 Å². The molecule has 4 aromatic rings. The van der Waals surface area contributed by atoms with Gasteiger partial charge in [-0.05, 0) is 22.3 Å². The summed E-state index contributed by atoms with van der Waals surface area (Å²) >= 11 is 7.14. The number of hydrogen-bond acceptors (Lipinski definition) is 5. The molecular weight excluding hydrogens is 580 g/mol. The predicted molar refractivity (Wildman–Crippen MR) is 169 cm³/mol. The first-order valence-electron chi connectivity index (χ1n) is 14.4. The van der Waals surface area contributed by atoms with Gasteiger partial charge in [-0.25, -0.2) is 4.79 Å². The van der Waals surface area contributed by atoms with Gasteiger partial charge in [-0.2, -0.15) is 0 Å². The molecule has 43 heavy (non-hydrogen) atoms. The number of nitrogens with one attached hydrogen (secondary N) is 1. The molecule has 6 nitrogen and oxygen atoms in total.